The molecule has 20 heavy (non-hydrogen) atoms. The van der Waals surface area contributed by atoms with Crippen LogP contribution in [0.15, 0.2) is 40.6 Å². The highest BCUT2D eigenvalue weighted by atomic mass is 32.2. The maximum atomic E-state index is 6.16. The molecule has 0 aliphatic rings. The van der Waals surface area contributed by atoms with Gasteiger partial charge in [0.15, 0.2) is 0 Å². The van der Waals surface area contributed by atoms with Crippen molar-refractivity contribution >= 4 is 28.4 Å². The molecule has 0 spiro atoms. The summed E-state index contributed by atoms with van der Waals surface area (Å²) >= 11 is 1.53. The maximum absolute atomic E-state index is 6.16. The second kappa shape index (κ2) is 5.13. The molecule has 0 unspecified atom stereocenters. The van der Waals surface area contributed by atoms with Crippen LogP contribution in [0.25, 0.3) is 10.9 Å². The Hall–Kier alpha value is -2.08. The topological polar surface area (TPSA) is 69.6 Å². The number of hydrogen-bond acceptors (Lipinski definition) is 5. The van der Waals surface area contributed by atoms with Crippen LogP contribution in [-0.4, -0.2) is 19.7 Å². The minimum absolute atomic E-state index is 0.739. The Bertz CT molecular complexity index is 760. The minimum Gasteiger partial charge on any atom is -0.395 e. The van der Waals surface area contributed by atoms with Crippen molar-refractivity contribution in [2.45, 2.75) is 23.4 Å². The molecule has 0 atom stereocenters. The largest absolute Gasteiger partial charge is 0.395 e. The summed E-state index contributed by atoms with van der Waals surface area (Å²) in [4.78, 5) is 8.65. The average Bonchev–Trinajstić information content (AvgIpc) is 2.75. The summed E-state index contributed by atoms with van der Waals surface area (Å²) < 4.78 is 1.82. The van der Waals surface area contributed by atoms with Crippen LogP contribution in [0, 0.1) is 0 Å². The van der Waals surface area contributed by atoms with Crippen molar-refractivity contribution in [3.05, 3.63) is 36.3 Å². The first-order chi connectivity index (χ1) is 9.70. The van der Waals surface area contributed by atoms with Gasteiger partial charge in [0.2, 0.25) is 0 Å². The molecule has 3 rings (SSSR count). The first-order valence-electron chi connectivity index (χ1n) is 6.39. The summed E-state index contributed by atoms with van der Waals surface area (Å²) in [5, 5.41) is 7.28. The van der Waals surface area contributed by atoms with Gasteiger partial charge in [-0.15, -0.1) is 0 Å². The van der Waals surface area contributed by atoms with Gasteiger partial charge in [-0.1, -0.05) is 25.1 Å². The lowest BCUT2D eigenvalue weighted by Gasteiger charge is -2.05. The molecule has 0 aliphatic heterocycles. The number of aryl methyl sites for hydroxylation is 2. The first kappa shape index (κ1) is 12.9. The quantitative estimate of drug-likeness (QED) is 0.749. The van der Waals surface area contributed by atoms with Crippen LogP contribution in [0.3, 0.4) is 0 Å². The number of benzene rings is 1. The zero-order valence-electron chi connectivity index (χ0n) is 11.4. The predicted octanol–water partition coefficient (Wildman–Crippen LogP) is 2.66. The minimum atomic E-state index is 0.739. The Balaban J connectivity index is 2.08. The van der Waals surface area contributed by atoms with Gasteiger partial charge in [0.25, 0.3) is 0 Å². The number of hydrogen-bond donors (Lipinski definition) is 1. The van der Waals surface area contributed by atoms with E-state index in [1.165, 1.54) is 11.8 Å². The van der Waals surface area contributed by atoms with Gasteiger partial charge in [-0.05, 0) is 24.2 Å². The number of aromatic nitrogens is 4. The van der Waals surface area contributed by atoms with Crippen molar-refractivity contribution in [1.29, 1.82) is 0 Å². The first-order valence-corrected chi connectivity index (χ1v) is 7.21. The van der Waals surface area contributed by atoms with Gasteiger partial charge in [-0.3, -0.25) is 4.68 Å². The number of nitrogens with two attached hydrogens (primary N) is 1. The SMILES string of the molecule is CCc1nn(C)c(Sc2ncnc3ccccc23)c1N. The highest BCUT2D eigenvalue weighted by Crippen LogP contribution is 2.35. The van der Waals surface area contributed by atoms with Gasteiger partial charge in [-0.2, -0.15) is 5.10 Å². The normalized spacial score (nSPS) is 11.1. The smallest absolute Gasteiger partial charge is 0.123 e. The Kier molecular flexibility index (Phi) is 3.31. The second-order valence-electron chi connectivity index (χ2n) is 4.44. The van der Waals surface area contributed by atoms with Crippen LogP contribution in [0.1, 0.15) is 12.6 Å². The monoisotopic (exact) mass is 285 g/mol. The van der Waals surface area contributed by atoms with Gasteiger partial charge < -0.3 is 5.73 Å². The highest BCUT2D eigenvalue weighted by molar-refractivity contribution is 7.99. The third kappa shape index (κ3) is 2.12. The van der Waals surface area contributed by atoms with Crippen molar-refractivity contribution in [2.75, 3.05) is 5.73 Å². The standard InChI is InChI=1S/C14H15N5S/c1-3-10-12(15)14(19(2)18-10)20-13-9-6-4-5-7-11(9)16-8-17-13/h4-8H,3,15H2,1-2H3. The van der Waals surface area contributed by atoms with Gasteiger partial charge in [-0.25, -0.2) is 9.97 Å². The number of nitrogen functional groups attached to an aromatic ring is 1. The molecule has 0 radical (unpaired) electrons. The van der Waals surface area contributed by atoms with Gasteiger partial charge in [0, 0.05) is 12.4 Å². The average molecular weight is 285 g/mol. The third-order valence-corrected chi connectivity index (χ3v) is 4.34. The van der Waals surface area contributed by atoms with Gasteiger partial charge >= 0.3 is 0 Å². The van der Waals surface area contributed by atoms with E-state index < -0.39 is 0 Å². The fraction of sp³-hybridized carbons (Fsp3) is 0.214. The summed E-state index contributed by atoms with van der Waals surface area (Å²) in [7, 11) is 1.90. The number of rotatable bonds is 3. The summed E-state index contributed by atoms with van der Waals surface area (Å²) in [6.07, 6.45) is 2.41. The highest BCUT2D eigenvalue weighted by Gasteiger charge is 2.15. The maximum Gasteiger partial charge on any atom is 0.123 e. The molecule has 0 amide bonds. The van der Waals surface area contributed by atoms with Crippen molar-refractivity contribution in [1.82, 2.24) is 19.7 Å². The molecule has 0 saturated carbocycles. The summed E-state index contributed by atoms with van der Waals surface area (Å²) in [6.45, 7) is 2.05. The second-order valence-corrected chi connectivity index (χ2v) is 5.42. The molecule has 3 aromatic rings. The lowest BCUT2D eigenvalue weighted by atomic mass is 10.2. The van der Waals surface area contributed by atoms with Gasteiger partial charge in [0.1, 0.15) is 16.4 Å². The molecular weight excluding hydrogens is 270 g/mol. The molecule has 0 fully saturated rings. The molecule has 5 nitrogen and oxygen atoms in total. The van der Waals surface area contributed by atoms with Crippen LogP contribution in [0.4, 0.5) is 5.69 Å². The molecule has 102 valence electrons. The Morgan fingerprint density at radius 3 is 2.80 bits per heavy atom. The van der Waals surface area contributed by atoms with E-state index in [4.69, 9.17) is 5.73 Å². The summed E-state index contributed by atoms with van der Waals surface area (Å²) in [6, 6.07) is 7.95. The fourth-order valence-electron chi connectivity index (χ4n) is 2.11. The van der Waals surface area contributed by atoms with Crippen LogP contribution >= 0.6 is 11.8 Å². The van der Waals surface area contributed by atoms with E-state index in [9.17, 15) is 0 Å². The lowest BCUT2D eigenvalue weighted by molar-refractivity contribution is 0.687. The molecular formula is C14H15N5S. The number of para-hydroxylation sites is 1. The number of anilines is 1. The van der Waals surface area contributed by atoms with E-state index >= 15 is 0 Å². The van der Waals surface area contributed by atoms with Crippen molar-refractivity contribution in [2.24, 2.45) is 7.05 Å². The molecule has 2 N–H and O–H groups in total. The molecule has 0 saturated heterocycles. The van der Waals surface area contributed by atoms with Gasteiger partial charge in [0.05, 0.1) is 16.9 Å². The van der Waals surface area contributed by atoms with Crippen LogP contribution < -0.4 is 5.73 Å². The number of nitrogens with zero attached hydrogens (tertiary/aromatic N) is 4. The van der Waals surface area contributed by atoms with Crippen molar-refractivity contribution < 1.29 is 0 Å². The van der Waals surface area contributed by atoms with E-state index in [2.05, 4.69) is 15.1 Å². The molecule has 0 aliphatic carbocycles. The molecule has 0 bridgehead atoms. The Morgan fingerprint density at radius 1 is 1.25 bits per heavy atom. The Labute approximate surface area is 121 Å². The van der Waals surface area contributed by atoms with E-state index in [0.717, 1.165) is 38.8 Å². The Morgan fingerprint density at radius 2 is 2.05 bits per heavy atom. The zero-order valence-corrected chi connectivity index (χ0v) is 12.2. The summed E-state index contributed by atoms with van der Waals surface area (Å²) in [5.74, 6) is 0. The van der Waals surface area contributed by atoms with Crippen LogP contribution in [0.5, 0.6) is 0 Å². The van der Waals surface area contributed by atoms with Crippen molar-refractivity contribution in [3.8, 4) is 0 Å². The lowest BCUT2D eigenvalue weighted by Crippen LogP contribution is -1.95. The molecule has 6 heteroatoms. The van der Waals surface area contributed by atoms with E-state index in [1.54, 1.807) is 6.33 Å². The number of fused-ring (bicyclic) bond motifs is 1. The summed E-state index contributed by atoms with van der Waals surface area (Å²) in [5.41, 5.74) is 8.75. The van der Waals surface area contributed by atoms with E-state index in [-0.39, 0.29) is 0 Å². The molecule has 2 aromatic heterocycles. The molecule has 2 heterocycles. The predicted molar refractivity (Wildman–Crippen MR) is 80.7 cm³/mol. The van der Waals surface area contributed by atoms with Crippen LogP contribution in [-0.2, 0) is 13.5 Å². The zero-order chi connectivity index (χ0) is 14.1. The molecule has 1 aromatic carbocycles. The fourth-order valence-corrected chi connectivity index (χ4v) is 3.08. The van der Waals surface area contributed by atoms with Crippen LogP contribution in [0.2, 0.25) is 0 Å². The van der Waals surface area contributed by atoms with Crippen molar-refractivity contribution in [3.63, 3.8) is 0 Å². The van der Waals surface area contributed by atoms with E-state index in [1.807, 2.05) is 42.9 Å². The van der Waals surface area contributed by atoms with E-state index in [0.29, 0.717) is 0 Å². The third-order valence-electron chi connectivity index (χ3n) is 3.14.